The number of allylic oxidation sites excluding steroid dienone is 1. The summed E-state index contributed by atoms with van der Waals surface area (Å²) in [5.74, 6) is 0.618. The maximum absolute atomic E-state index is 13.5. The van der Waals surface area contributed by atoms with Gasteiger partial charge in [0.25, 0.3) is 5.91 Å². The maximum atomic E-state index is 13.5. The molecule has 1 atom stereocenters. The van der Waals surface area contributed by atoms with Gasteiger partial charge in [-0.15, -0.1) is 0 Å². The number of carbonyl (C=O) groups is 1. The molecule has 0 saturated heterocycles. The second-order valence-electron chi connectivity index (χ2n) is 7.24. The van der Waals surface area contributed by atoms with E-state index in [1.54, 1.807) is 0 Å². The minimum Gasteiger partial charge on any atom is -0.329 e. The zero-order valence-corrected chi connectivity index (χ0v) is 18.4. The van der Waals surface area contributed by atoms with Crippen molar-refractivity contribution < 1.29 is 4.79 Å². The maximum Gasteiger partial charge on any atom is 0.255 e. The highest BCUT2D eigenvalue weighted by Gasteiger charge is 2.34. The second kappa shape index (κ2) is 7.60. The van der Waals surface area contributed by atoms with Gasteiger partial charge in [-0.2, -0.15) is 0 Å². The number of halogens is 1. The molecule has 2 heterocycles. The van der Waals surface area contributed by atoms with E-state index in [1.165, 1.54) is 0 Å². The Morgan fingerprint density at radius 3 is 2.60 bits per heavy atom. The highest BCUT2D eigenvalue weighted by atomic mass is 127. The van der Waals surface area contributed by atoms with Crippen LogP contribution in [0.4, 0.5) is 11.6 Å². The molecule has 1 aromatic heterocycles. The molecule has 6 heteroatoms. The molecule has 0 radical (unpaired) electrons. The van der Waals surface area contributed by atoms with Gasteiger partial charge in [0.05, 0.1) is 22.6 Å². The van der Waals surface area contributed by atoms with Gasteiger partial charge < -0.3 is 10.6 Å². The highest BCUT2D eigenvalue weighted by molar-refractivity contribution is 14.1. The molecule has 0 fully saturated rings. The summed E-state index contributed by atoms with van der Waals surface area (Å²) in [5, 5.41) is 6.40. The van der Waals surface area contributed by atoms with Crippen molar-refractivity contribution in [1.82, 2.24) is 9.55 Å². The van der Waals surface area contributed by atoms with Crippen molar-refractivity contribution >= 4 is 51.2 Å². The fourth-order valence-electron chi connectivity index (χ4n) is 3.97. The first-order valence-corrected chi connectivity index (χ1v) is 10.8. The molecule has 1 aliphatic heterocycles. The molecule has 2 N–H and O–H groups in total. The molecule has 30 heavy (non-hydrogen) atoms. The van der Waals surface area contributed by atoms with Crippen molar-refractivity contribution in [3.05, 3.63) is 99.3 Å². The van der Waals surface area contributed by atoms with Crippen LogP contribution in [0.2, 0.25) is 0 Å². The van der Waals surface area contributed by atoms with E-state index in [0.717, 1.165) is 37.5 Å². The van der Waals surface area contributed by atoms with Crippen LogP contribution in [0, 0.1) is 3.57 Å². The van der Waals surface area contributed by atoms with Gasteiger partial charge in [0, 0.05) is 15.0 Å². The number of hydrogen-bond acceptors (Lipinski definition) is 3. The Bertz CT molecular complexity index is 1290. The van der Waals surface area contributed by atoms with Gasteiger partial charge >= 0.3 is 0 Å². The normalized spacial score (nSPS) is 15.6. The van der Waals surface area contributed by atoms with Gasteiger partial charge in [-0.25, -0.2) is 4.98 Å². The molecule has 3 aromatic carbocycles. The molecule has 0 saturated carbocycles. The van der Waals surface area contributed by atoms with Crippen LogP contribution in [0.5, 0.6) is 0 Å². The SMILES string of the molecule is CC1=C(C(=O)Nc2ccccc2)C(c2cccc(I)c2)n2c(nc3ccccc32)N1. The molecule has 1 aliphatic rings. The minimum atomic E-state index is -0.285. The number of benzene rings is 3. The summed E-state index contributed by atoms with van der Waals surface area (Å²) in [6, 6.07) is 25.5. The Morgan fingerprint density at radius 2 is 1.80 bits per heavy atom. The van der Waals surface area contributed by atoms with E-state index in [9.17, 15) is 4.79 Å². The summed E-state index contributed by atoms with van der Waals surface area (Å²) in [7, 11) is 0. The molecule has 5 nitrogen and oxygen atoms in total. The van der Waals surface area contributed by atoms with E-state index in [1.807, 2.05) is 67.6 Å². The lowest BCUT2D eigenvalue weighted by atomic mass is 9.94. The van der Waals surface area contributed by atoms with Gasteiger partial charge in [0.1, 0.15) is 0 Å². The van der Waals surface area contributed by atoms with Crippen LogP contribution in [0.3, 0.4) is 0 Å². The summed E-state index contributed by atoms with van der Waals surface area (Å²) >= 11 is 2.31. The average Bonchev–Trinajstić information content (AvgIpc) is 3.11. The summed E-state index contributed by atoms with van der Waals surface area (Å²) < 4.78 is 3.24. The van der Waals surface area contributed by atoms with E-state index in [2.05, 4.69) is 56.0 Å². The fraction of sp³-hybridized carbons (Fsp3) is 0.0833. The summed E-state index contributed by atoms with van der Waals surface area (Å²) in [6.07, 6.45) is 0. The van der Waals surface area contributed by atoms with E-state index >= 15 is 0 Å². The lowest BCUT2D eigenvalue weighted by Gasteiger charge is -2.30. The molecular formula is C24H19IN4O. The van der Waals surface area contributed by atoms with Crippen molar-refractivity contribution in [2.24, 2.45) is 0 Å². The standard InChI is InChI=1S/C24H19IN4O/c1-15-21(23(30)27-18-10-3-2-4-11-18)22(16-8-7-9-17(25)14-16)29-20-13-6-5-12-19(20)28-24(29)26-15/h2-14,22H,1H3,(H,26,28)(H,27,30). The predicted octanol–water partition coefficient (Wildman–Crippen LogP) is 5.57. The van der Waals surface area contributed by atoms with Crippen LogP contribution in [-0.2, 0) is 4.79 Å². The summed E-state index contributed by atoms with van der Waals surface area (Å²) in [6.45, 7) is 1.93. The lowest BCUT2D eigenvalue weighted by Crippen LogP contribution is -2.31. The molecule has 148 valence electrons. The topological polar surface area (TPSA) is 59.0 Å². The third-order valence-electron chi connectivity index (χ3n) is 5.27. The Morgan fingerprint density at radius 1 is 1.03 bits per heavy atom. The fourth-order valence-corrected chi connectivity index (χ4v) is 4.54. The highest BCUT2D eigenvalue weighted by Crippen LogP contribution is 2.39. The second-order valence-corrected chi connectivity index (χ2v) is 8.48. The van der Waals surface area contributed by atoms with Crippen molar-refractivity contribution in [2.75, 3.05) is 10.6 Å². The van der Waals surface area contributed by atoms with Crippen LogP contribution in [0.15, 0.2) is 90.1 Å². The number of nitrogens with zero attached hydrogens (tertiary/aromatic N) is 2. The van der Waals surface area contributed by atoms with E-state index in [4.69, 9.17) is 4.98 Å². The Labute approximate surface area is 188 Å². The number of fused-ring (bicyclic) bond motifs is 3. The Kier molecular flexibility index (Phi) is 4.78. The number of nitrogens with one attached hydrogen (secondary N) is 2. The van der Waals surface area contributed by atoms with Gasteiger partial charge in [0.15, 0.2) is 0 Å². The zero-order chi connectivity index (χ0) is 20.7. The number of carbonyl (C=O) groups excluding carboxylic acids is 1. The number of rotatable bonds is 3. The van der Waals surface area contributed by atoms with Crippen molar-refractivity contribution in [1.29, 1.82) is 0 Å². The van der Waals surface area contributed by atoms with Crippen molar-refractivity contribution in [3.63, 3.8) is 0 Å². The Hall–Kier alpha value is -3.13. The molecule has 0 aliphatic carbocycles. The van der Waals surface area contributed by atoms with Gasteiger partial charge in [-0.05, 0) is 71.5 Å². The number of amides is 1. The van der Waals surface area contributed by atoms with Gasteiger partial charge in [0.2, 0.25) is 5.95 Å². The Balaban J connectivity index is 1.69. The molecule has 5 rings (SSSR count). The third kappa shape index (κ3) is 3.27. The summed E-state index contributed by atoms with van der Waals surface area (Å²) in [4.78, 5) is 18.2. The number of aromatic nitrogens is 2. The smallest absolute Gasteiger partial charge is 0.255 e. The molecule has 0 bridgehead atoms. The van der Waals surface area contributed by atoms with Crippen LogP contribution in [-0.4, -0.2) is 15.5 Å². The number of hydrogen-bond donors (Lipinski definition) is 2. The zero-order valence-electron chi connectivity index (χ0n) is 16.3. The van der Waals surface area contributed by atoms with E-state index in [0.29, 0.717) is 5.57 Å². The van der Waals surface area contributed by atoms with Crippen LogP contribution < -0.4 is 10.6 Å². The van der Waals surface area contributed by atoms with E-state index < -0.39 is 0 Å². The average molecular weight is 506 g/mol. The minimum absolute atomic E-state index is 0.126. The van der Waals surface area contributed by atoms with Crippen molar-refractivity contribution in [3.8, 4) is 0 Å². The monoisotopic (exact) mass is 506 g/mol. The third-order valence-corrected chi connectivity index (χ3v) is 5.94. The van der Waals surface area contributed by atoms with E-state index in [-0.39, 0.29) is 11.9 Å². The van der Waals surface area contributed by atoms with Crippen LogP contribution >= 0.6 is 22.6 Å². The quantitative estimate of drug-likeness (QED) is 0.358. The predicted molar refractivity (Wildman–Crippen MR) is 128 cm³/mol. The first-order valence-electron chi connectivity index (χ1n) is 9.68. The summed E-state index contributed by atoms with van der Waals surface area (Å²) in [5.41, 5.74) is 5.18. The molecular weight excluding hydrogens is 487 g/mol. The van der Waals surface area contributed by atoms with Crippen molar-refractivity contribution in [2.45, 2.75) is 13.0 Å². The molecule has 4 aromatic rings. The van der Waals surface area contributed by atoms with Crippen LogP contribution in [0.25, 0.3) is 11.0 Å². The number of anilines is 2. The molecule has 0 spiro atoms. The van der Waals surface area contributed by atoms with Gasteiger partial charge in [-0.3, -0.25) is 9.36 Å². The molecule has 1 amide bonds. The first kappa shape index (κ1) is 18.9. The van der Waals surface area contributed by atoms with Gasteiger partial charge in [-0.1, -0.05) is 42.5 Å². The first-order chi connectivity index (χ1) is 14.6. The lowest BCUT2D eigenvalue weighted by molar-refractivity contribution is -0.113. The number of para-hydroxylation sites is 3. The largest absolute Gasteiger partial charge is 0.329 e. The van der Waals surface area contributed by atoms with Crippen LogP contribution in [0.1, 0.15) is 18.5 Å². The molecule has 1 unspecified atom stereocenters. The number of imidazole rings is 1.